The summed E-state index contributed by atoms with van der Waals surface area (Å²) in [7, 11) is 0. The molecular formula is C18H23F3N2O4. The number of amides is 1. The number of alkyl halides is 3. The van der Waals surface area contributed by atoms with Gasteiger partial charge in [0.05, 0.1) is 18.8 Å². The van der Waals surface area contributed by atoms with Gasteiger partial charge in [-0.05, 0) is 37.8 Å². The van der Waals surface area contributed by atoms with Gasteiger partial charge >= 0.3 is 12.3 Å². The molecule has 9 heteroatoms. The molecule has 3 rings (SSSR count). The van der Waals surface area contributed by atoms with Gasteiger partial charge in [-0.25, -0.2) is 4.79 Å². The molecule has 0 aromatic carbocycles. The van der Waals surface area contributed by atoms with Gasteiger partial charge in [0.25, 0.3) is 0 Å². The molecule has 2 fully saturated rings. The predicted molar refractivity (Wildman–Crippen MR) is 89.2 cm³/mol. The monoisotopic (exact) mass is 388 g/mol. The molecule has 1 aromatic heterocycles. The van der Waals surface area contributed by atoms with Crippen LogP contribution >= 0.6 is 0 Å². The van der Waals surface area contributed by atoms with Gasteiger partial charge in [0.2, 0.25) is 6.10 Å². The van der Waals surface area contributed by atoms with Crippen molar-refractivity contribution in [1.29, 1.82) is 0 Å². The topological polar surface area (TPSA) is 71.9 Å². The van der Waals surface area contributed by atoms with Crippen LogP contribution in [-0.4, -0.2) is 65.3 Å². The number of aliphatic hydroxyl groups is 1. The van der Waals surface area contributed by atoms with Gasteiger partial charge in [0, 0.05) is 30.9 Å². The molecule has 2 aliphatic rings. The zero-order valence-electron chi connectivity index (χ0n) is 15.0. The van der Waals surface area contributed by atoms with E-state index in [1.165, 1.54) is 4.90 Å². The van der Waals surface area contributed by atoms with E-state index in [0.717, 1.165) is 17.7 Å². The van der Waals surface area contributed by atoms with Crippen molar-refractivity contribution in [3.8, 4) is 0 Å². The molecule has 1 N–H and O–H groups in total. The SMILES string of the molecule is Cc1ccc(C2COC3(CCN(C(=O)O[C@H](CO)C(F)(F)F)CC3)C2)cn1. The van der Waals surface area contributed by atoms with Gasteiger partial charge in [-0.1, -0.05) is 6.07 Å². The summed E-state index contributed by atoms with van der Waals surface area (Å²) in [4.78, 5) is 17.5. The smallest absolute Gasteiger partial charge is 0.427 e. The number of pyridine rings is 1. The highest BCUT2D eigenvalue weighted by Crippen LogP contribution is 2.42. The summed E-state index contributed by atoms with van der Waals surface area (Å²) >= 11 is 0. The first-order valence-electron chi connectivity index (χ1n) is 8.92. The fraction of sp³-hybridized carbons (Fsp3) is 0.667. The third-order valence-corrected chi connectivity index (χ3v) is 5.32. The Hall–Kier alpha value is -1.87. The number of aromatic nitrogens is 1. The van der Waals surface area contributed by atoms with Gasteiger partial charge in [0.15, 0.2) is 0 Å². The zero-order chi connectivity index (χ0) is 19.7. The van der Waals surface area contributed by atoms with Crippen molar-refractivity contribution in [3.63, 3.8) is 0 Å². The molecule has 0 saturated carbocycles. The van der Waals surface area contributed by atoms with Crippen molar-refractivity contribution in [2.45, 2.75) is 50.0 Å². The third-order valence-electron chi connectivity index (χ3n) is 5.32. The molecule has 150 valence electrons. The lowest BCUT2D eigenvalue weighted by molar-refractivity contribution is -0.215. The fourth-order valence-corrected chi connectivity index (χ4v) is 3.63. The maximum atomic E-state index is 12.6. The normalized spacial score (nSPS) is 23.4. The molecule has 0 aliphatic carbocycles. The highest BCUT2D eigenvalue weighted by molar-refractivity contribution is 5.68. The second-order valence-electron chi connectivity index (χ2n) is 7.21. The second-order valence-corrected chi connectivity index (χ2v) is 7.21. The van der Waals surface area contributed by atoms with E-state index in [9.17, 15) is 18.0 Å². The van der Waals surface area contributed by atoms with Crippen LogP contribution in [-0.2, 0) is 9.47 Å². The summed E-state index contributed by atoms with van der Waals surface area (Å²) in [5, 5.41) is 8.79. The van der Waals surface area contributed by atoms with Crippen LogP contribution in [0, 0.1) is 6.92 Å². The van der Waals surface area contributed by atoms with E-state index in [0.29, 0.717) is 19.4 Å². The first-order valence-corrected chi connectivity index (χ1v) is 8.92. The molecule has 0 bridgehead atoms. The quantitative estimate of drug-likeness (QED) is 0.862. The number of ether oxygens (including phenoxy) is 2. The average Bonchev–Trinajstić information content (AvgIpc) is 3.03. The number of piperidine rings is 1. The summed E-state index contributed by atoms with van der Waals surface area (Å²) < 4.78 is 48.4. The Morgan fingerprint density at radius 3 is 2.70 bits per heavy atom. The Labute approximate surface area is 155 Å². The Kier molecular flexibility index (Phi) is 5.62. The molecule has 27 heavy (non-hydrogen) atoms. The van der Waals surface area contributed by atoms with Crippen LogP contribution in [0.1, 0.15) is 36.4 Å². The Bertz CT molecular complexity index is 658. The minimum Gasteiger partial charge on any atom is -0.434 e. The van der Waals surface area contributed by atoms with Gasteiger partial charge in [0.1, 0.15) is 0 Å². The van der Waals surface area contributed by atoms with Gasteiger partial charge in [-0.3, -0.25) is 4.98 Å². The first-order chi connectivity index (χ1) is 12.7. The van der Waals surface area contributed by atoms with E-state index < -0.39 is 25.0 Å². The van der Waals surface area contributed by atoms with Crippen LogP contribution in [0.4, 0.5) is 18.0 Å². The Morgan fingerprint density at radius 1 is 1.44 bits per heavy atom. The minimum absolute atomic E-state index is 0.223. The summed E-state index contributed by atoms with van der Waals surface area (Å²) in [5.41, 5.74) is 1.68. The van der Waals surface area contributed by atoms with E-state index in [1.807, 2.05) is 25.3 Å². The van der Waals surface area contributed by atoms with Crippen LogP contribution in [0.5, 0.6) is 0 Å². The number of aliphatic hydroxyl groups excluding tert-OH is 1. The minimum atomic E-state index is -4.79. The number of nitrogens with zero attached hydrogens (tertiary/aromatic N) is 2. The van der Waals surface area contributed by atoms with Crippen molar-refractivity contribution in [1.82, 2.24) is 9.88 Å². The highest BCUT2D eigenvalue weighted by atomic mass is 19.4. The lowest BCUT2D eigenvalue weighted by atomic mass is 9.83. The third kappa shape index (κ3) is 4.52. The maximum absolute atomic E-state index is 12.6. The molecule has 1 amide bonds. The lowest BCUT2D eigenvalue weighted by Crippen LogP contribution is -2.48. The molecule has 2 atom stereocenters. The van der Waals surface area contributed by atoms with E-state index >= 15 is 0 Å². The van der Waals surface area contributed by atoms with Crippen LogP contribution < -0.4 is 0 Å². The number of rotatable bonds is 3. The van der Waals surface area contributed by atoms with Crippen molar-refractivity contribution in [2.24, 2.45) is 0 Å². The summed E-state index contributed by atoms with van der Waals surface area (Å²) in [6, 6.07) is 3.99. The molecule has 2 aliphatic heterocycles. The first kappa shape index (κ1) is 19.9. The number of carbonyl (C=O) groups is 1. The van der Waals surface area contributed by atoms with Crippen LogP contribution in [0.15, 0.2) is 18.3 Å². The van der Waals surface area contributed by atoms with Crippen molar-refractivity contribution < 1.29 is 32.5 Å². The maximum Gasteiger partial charge on any atom is 0.427 e. The van der Waals surface area contributed by atoms with Crippen molar-refractivity contribution in [2.75, 3.05) is 26.3 Å². The number of aryl methyl sites for hydroxylation is 1. The zero-order valence-corrected chi connectivity index (χ0v) is 15.0. The van der Waals surface area contributed by atoms with Gasteiger partial charge in [-0.2, -0.15) is 13.2 Å². The number of likely N-dealkylation sites (tertiary alicyclic amines) is 1. The molecule has 3 heterocycles. The lowest BCUT2D eigenvalue weighted by Gasteiger charge is -2.38. The van der Waals surface area contributed by atoms with Gasteiger partial charge in [-0.15, -0.1) is 0 Å². The Balaban J connectivity index is 1.54. The van der Waals surface area contributed by atoms with Crippen molar-refractivity contribution >= 4 is 6.09 Å². The second kappa shape index (κ2) is 7.63. The standard InChI is InChI=1S/C18H23F3N2O4/c1-12-2-3-13(9-22-12)14-8-17(26-11-14)4-6-23(7-5-17)16(25)27-15(10-24)18(19,20)21/h2-3,9,14-15,24H,4-8,10-11H2,1H3/t14?,15-/m1/s1. The highest BCUT2D eigenvalue weighted by Gasteiger charge is 2.46. The van der Waals surface area contributed by atoms with Crippen LogP contribution in [0.2, 0.25) is 0 Å². The number of carbonyl (C=O) groups excluding carboxylic acids is 1. The van der Waals surface area contributed by atoms with E-state index in [4.69, 9.17) is 9.84 Å². The van der Waals surface area contributed by atoms with E-state index in [-0.39, 0.29) is 24.6 Å². The van der Waals surface area contributed by atoms with Crippen LogP contribution in [0.3, 0.4) is 0 Å². The summed E-state index contributed by atoms with van der Waals surface area (Å²) in [6.45, 7) is 1.71. The summed E-state index contributed by atoms with van der Waals surface area (Å²) in [6.07, 6.45) is -4.63. The molecule has 6 nitrogen and oxygen atoms in total. The van der Waals surface area contributed by atoms with Crippen LogP contribution in [0.25, 0.3) is 0 Å². The van der Waals surface area contributed by atoms with E-state index in [2.05, 4.69) is 9.72 Å². The molecule has 1 unspecified atom stereocenters. The fourth-order valence-electron chi connectivity index (χ4n) is 3.63. The average molecular weight is 388 g/mol. The molecule has 0 radical (unpaired) electrons. The molecular weight excluding hydrogens is 365 g/mol. The van der Waals surface area contributed by atoms with E-state index in [1.54, 1.807) is 0 Å². The number of hydrogen-bond acceptors (Lipinski definition) is 5. The Morgan fingerprint density at radius 2 is 2.15 bits per heavy atom. The number of hydrogen-bond donors (Lipinski definition) is 1. The predicted octanol–water partition coefficient (Wildman–Crippen LogP) is 2.79. The molecule has 2 saturated heterocycles. The van der Waals surface area contributed by atoms with Gasteiger partial charge < -0.3 is 19.5 Å². The summed E-state index contributed by atoms with van der Waals surface area (Å²) in [5.74, 6) is 0.223. The number of halogens is 3. The van der Waals surface area contributed by atoms with Crippen molar-refractivity contribution in [3.05, 3.63) is 29.6 Å². The molecule has 1 aromatic rings. The largest absolute Gasteiger partial charge is 0.434 e. The molecule has 1 spiro atoms.